The summed E-state index contributed by atoms with van der Waals surface area (Å²) < 4.78 is 31.9. The predicted octanol–water partition coefficient (Wildman–Crippen LogP) is 2.84. The molecule has 0 aliphatic rings. The number of nitrogens with one attached hydrogen (secondary N) is 1. The molecule has 0 unspecified atom stereocenters. The van der Waals surface area contributed by atoms with Gasteiger partial charge in [-0.25, -0.2) is 13.2 Å². The maximum Gasteiger partial charge on any atom is 0.339 e. The molecule has 0 spiro atoms. The van der Waals surface area contributed by atoms with Gasteiger partial charge in [0, 0.05) is 0 Å². The highest BCUT2D eigenvalue weighted by atomic mass is 32.2. The molecule has 0 heterocycles. The number of hydrogen-bond acceptors (Lipinski definition) is 4. The van der Waals surface area contributed by atoms with Crippen molar-refractivity contribution in [3.63, 3.8) is 0 Å². The van der Waals surface area contributed by atoms with Gasteiger partial charge >= 0.3 is 5.97 Å². The predicted molar refractivity (Wildman–Crippen MR) is 84.4 cm³/mol. The zero-order valence-corrected chi connectivity index (χ0v) is 13.2. The molecule has 0 radical (unpaired) electrons. The molecular formula is C16H17NO4S. The highest BCUT2D eigenvalue weighted by molar-refractivity contribution is 7.92. The molecule has 0 amide bonds. The van der Waals surface area contributed by atoms with Crippen molar-refractivity contribution in [3.8, 4) is 0 Å². The third-order valence-electron chi connectivity index (χ3n) is 3.22. The molecule has 1 N–H and O–H groups in total. The minimum absolute atomic E-state index is 0.143. The van der Waals surface area contributed by atoms with E-state index in [1.165, 1.54) is 19.2 Å². The number of methoxy groups -OCH3 is 1. The number of aryl methyl sites for hydroxylation is 1. The first kappa shape index (κ1) is 16.0. The van der Waals surface area contributed by atoms with Gasteiger partial charge in [-0.15, -0.1) is 0 Å². The van der Waals surface area contributed by atoms with E-state index in [1.54, 1.807) is 36.4 Å². The molecular weight excluding hydrogens is 302 g/mol. The van der Waals surface area contributed by atoms with Crippen LogP contribution in [-0.4, -0.2) is 21.5 Å². The van der Waals surface area contributed by atoms with Gasteiger partial charge in [0.2, 0.25) is 0 Å². The standard InChI is InChI=1S/C16H17NO4S/c1-3-12-8-10-13(11-9-12)22(19,20)17-15-7-5-4-6-14(15)16(18)21-2/h4-11,17H,3H2,1-2H3. The van der Waals surface area contributed by atoms with E-state index in [9.17, 15) is 13.2 Å². The second kappa shape index (κ2) is 6.62. The average Bonchev–Trinajstić information content (AvgIpc) is 2.54. The summed E-state index contributed by atoms with van der Waals surface area (Å²) in [6, 6.07) is 12.9. The smallest absolute Gasteiger partial charge is 0.339 e. The minimum Gasteiger partial charge on any atom is -0.465 e. The van der Waals surface area contributed by atoms with Crippen molar-refractivity contribution in [2.24, 2.45) is 0 Å². The number of carbonyl (C=O) groups excluding carboxylic acids is 1. The summed E-state index contributed by atoms with van der Waals surface area (Å²) in [5.74, 6) is -0.598. The summed E-state index contributed by atoms with van der Waals surface area (Å²) in [6.45, 7) is 1.99. The number of sulfonamides is 1. The van der Waals surface area contributed by atoms with Crippen LogP contribution in [0.15, 0.2) is 53.4 Å². The Balaban J connectivity index is 2.34. The first-order valence-electron chi connectivity index (χ1n) is 6.77. The van der Waals surface area contributed by atoms with E-state index in [0.717, 1.165) is 12.0 Å². The van der Waals surface area contributed by atoms with Crippen molar-refractivity contribution < 1.29 is 17.9 Å². The van der Waals surface area contributed by atoms with Crippen LogP contribution in [0.3, 0.4) is 0 Å². The number of rotatable bonds is 5. The molecule has 0 atom stereocenters. The molecule has 0 aromatic heterocycles. The van der Waals surface area contributed by atoms with Crippen molar-refractivity contribution in [3.05, 3.63) is 59.7 Å². The Kier molecular flexibility index (Phi) is 4.82. The lowest BCUT2D eigenvalue weighted by molar-refractivity contribution is 0.0602. The Morgan fingerprint density at radius 2 is 1.73 bits per heavy atom. The van der Waals surface area contributed by atoms with Gasteiger partial charge in [-0.1, -0.05) is 31.2 Å². The van der Waals surface area contributed by atoms with Gasteiger partial charge in [-0.3, -0.25) is 4.72 Å². The molecule has 0 fully saturated rings. The van der Waals surface area contributed by atoms with E-state index in [0.29, 0.717) is 0 Å². The van der Waals surface area contributed by atoms with Gasteiger partial charge in [0.15, 0.2) is 0 Å². The number of para-hydroxylation sites is 1. The Morgan fingerprint density at radius 3 is 2.32 bits per heavy atom. The van der Waals surface area contributed by atoms with E-state index in [-0.39, 0.29) is 16.1 Å². The third-order valence-corrected chi connectivity index (χ3v) is 4.60. The summed E-state index contributed by atoms with van der Waals surface area (Å²) >= 11 is 0. The van der Waals surface area contributed by atoms with E-state index < -0.39 is 16.0 Å². The van der Waals surface area contributed by atoms with Gasteiger partial charge < -0.3 is 4.74 Å². The average molecular weight is 319 g/mol. The fraction of sp³-hybridized carbons (Fsp3) is 0.188. The number of benzene rings is 2. The lowest BCUT2D eigenvalue weighted by Crippen LogP contribution is -2.16. The van der Waals surface area contributed by atoms with Crippen LogP contribution < -0.4 is 4.72 Å². The van der Waals surface area contributed by atoms with Crippen LogP contribution >= 0.6 is 0 Å². The van der Waals surface area contributed by atoms with Crippen LogP contribution in [0.25, 0.3) is 0 Å². The number of esters is 1. The maximum atomic E-state index is 12.4. The Labute approximate surface area is 130 Å². The van der Waals surface area contributed by atoms with Crippen LogP contribution in [0.4, 0.5) is 5.69 Å². The van der Waals surface area contributed by atoms with E-state index in [1.807, 2.05) is 6.92 Å². The van der Waals surface area contributed by atoms with Gasteiger partial charge in [0.25, 0.3) is 10.0 Å². The first-order chi connectivity index (χ1) is 10.5. The summed E-state index contributed by atoms with van der Waals surface area (Å²) in [6.07, 6.45) is 0.832. The highest BCUT2D eigenvalue weighted by Gasteiger charge is 2.18. The van der Waals surface area contributed by atoms with E-state index in [4.69, 9.17) is 0 Å². The summed E-state index contributed by atoms with van der Waals surface area (Å²) in [4.78, 5) is 11.8. The molecule has 0 aliphatic heterocycles. The van der Waals surface area contributed by atoms with Crippen LogP contribution in [0.1, 0.15) is 22.8 Å². The van der Waals surface area contributed by atoms with Gasteiger partial charge in [-0.05, 0) is 36.2 Å². The normalized spacial score (nSPS) is 11.0. The van der Waals surface area contributed by atoms with Crippen molar-refractivity contribution in [1.29, 1.82) is 0 Å². The van der Waals surface area contributed by atoms with Gasteiger partial charge in [0.1, 0.15) is 0 Å². The third kappa shape index (κ3) is 3.46. The second-order valence-electron chi connectivity index (χ2n) is 4.64. The van der Waals surface area contributed by atoms with Crippen molar-refractivity contribution in [1.82, 2.24) is 0 Å². The molecule has 2 aromatic rings. The molecule has 6 heteroatoms. The largest absolute Gasteiger partial charge is 0.465 e. The molecule has 0 saturated heterocycles. The molecule has 22 heavy (non-hydrogen) atoms. The molecule has 2 aromatic carbocycles. The lowest BCUT2D eigenvalue weighted by Gasteiger charge is -2.11. The molecule has 5 nitrogen and oxygen atoms in total. The number of ether oxygens (including phenoxy) is 1. The lowest BCUT2D eigenvalue weighted by atomic mass is 10.2. The first-order valence-corrected chi connectivity index (χ1v) is 8.25. The van der Waals surface area contributed by atoms with Crippen LogP contribution in [0.5, 0.6) is 0 Å². The van der Waals surface area contributed by atoms with E-state index in [2.05, 4.69) is 9.46 Å². The van der Waals surface area contributed by atoms with Crippen molar-refractivity contribution >= 4 is 21.7 Å². The van der Waals surface area contributed by atoms with Crippen LogP contribution in [0.2, 0.25) is 0 Å². The fourth-order valence-corrected chi connectivity index (χ4v) is 3.05. The van der Waals surface area contributed by atoms with Crippen LogP contribution in [0, 0.1) is 0 Å². The Hall–Kier alpha value is -2.34. The van der Waals surface area contributed by atoms with Gasteiger partial charge in [-0.2, -0.15) is 0 Å². The molecule has 116 valence electrons. The van der Waals surface area contributed by atoms with Crippen molar-refractivity contribution in [2.75, 3.05) is 11.8 Å². The van der Waals surface area contributed by atoms with Crippen LogP contribution in [-0.2, 0) is 21.2 Å². The van der Waals surface area contributed by atoms with Crippen molar-refractivity contribution in [2.45, 2.75) is 18.2 Å². The summed E-state index contributed by atoms with van der Waals surface area (Å²) in [7, 11) is -2.51. The number of anilines is 1. The Morgan fingerprint density at radius 1 is 1.09 bits per heavy atom. The summed E-state index contributed by atoms with van der Waals surface area (Å²) in [5, 5.41) is 0. The highest BCUT2D eigenvalue weighted by Crippen LogP contribution is 2.21. The SMILES string of the molecule is CCc1ccc(S(=O)(=O)Nc2ccccc2C(=O)OC)cc1. The Bertz CT molecular complexity index is 767. The second-order valence-corrected chi connectivity index (χ2v) is 6.32. The fourth-order valence-electron chi connectivity index (χ4n) is 1.97. The topological polar surface area (TPSA) is 72.5 Å². The quantitative estimate of drug-likeness (QED) is 0.860. The molecule has 0 bridgehead atoms. The maximum absolute atomic E-state index is 12.4. The molecule has 2 rings (SSSR count). The minimum atomic E-state index is -3.76. The summed E-state index contributed by atoms with van der Waals surface area (Å²) in [5.41, 5.74) is 1.40. The van der Waals surface area contributed by atoms with Gasteiger partial charge in [0.05, 0.1) is 23.3 Å². The molecule has 0 saturated carbocycles. The zero-order chi connectivity index (χ0) is 16.2. The van der Waals surface area contributed by atoms with E-state index >= 15 is 0 Å². The molecule has 0 aliphatic carbocycles. The number of hydrogen-bond donors (Lipinski definition) is 1. The number of carbonyl (C=O) groups is 1. The monoisotopic (exact) mass is 319 g/mol. The zero-order valence-electron chi connectivity index (χ0n) is 12.4.